The van der Waals surface area contributed by atoms with Crippen molar-refractivity contribution in [1.82, 2.24) is 10.2 Å². The molecule has 1 aromatic carbocycles. The summed E-state index contributed by atoms with van der Waals surface area (Å²) in [6.07, 6.45) is 1.16. The van der Waals surface area contributed by atoms with Crippen molar-refractivity contribution in [2.75, 3.05) is 6.26 Å². The third-order valence-corrected chi connectivity index (χ3v) is 4.34. The largest absolute Gasteiger partial charge is 0.437 e. The van der Waals surface area contributed by atoms with Crippen molar-refractivity contribution in [3.8, 4) is 11.6 Å². The van der Waals surface area contributed by atoms with E-state index in [1.807, 2.05) is 13.8 Å². The van der Waals surface area contributed by atoms with Crippen LogP contribution in [0.1, 0.15) is 16.8 Å². The molecule has 2 aromatic rings. The Labute approximate surface area is 123 Å². The van der Waals surface area contributed by atoms with E-state index >= 15 is 0 Å². The molecule has 0 bridgehead atoms. The lowest BCUT2D eigenvalue weighted by atomic mass is 10.1. The van der Waals surface area contributed by atoms with Crippen LogP contribution in [-0.4, -0.2) is 24.9 Å². The number of benzene rings is 1. The van der Waals surface area contributed by atoms with Crippen LogP contribution in [0.5, 0.6) is 11.6 Å². The Morgan fingerprint density at radius 1 is 1.14 bits per heavy atom. The number of sulfone groups is 1. The summed E-state index contributed by atoms with van der Waals surface area (Å²) < 4.78 is 28.5. The number of nitrogens with two attached hydrogens (primary N) is 1. The molecule has 0 spiro atoms. The van der Waals surface area contributed by atoms with Crippen molar-refractivity contribution in [2.24, 2.45) is 5.73 Å². The van der Waals surface area contributed by atoms with Crippen molar-refractivity contribution >= 4 is 9.84 Å². The average Bonchev–Trinajstić information content (AvgIpc) is 2.43. The predicted octanol–water partition coefficient (Wildman–Crippen LogP) is 1.75. The summed E-state index contributed by atoms with van der Waals surface area (Å²) in [4.78, 5) is 0.236. The van der Waals surface area contributed by atoms with Crippen LogP contribution in [0.2, 0.25) is 0 Å². The summed E-state index contributed by atoms with van der Waals surface area (Å²) in [5, 5.41) is 8.02. The summed E-state index contributed by atoms with van der Waals surface area (Å²) in [5.74, 6) is 0.822. The molecule has 0 aliphatic carbocycles. The minimum Gasteiger partial charge on any atom is -0.437 e. The van der Waals surface area contributed by atoms with Crippen LogP contribution in [0.4, 0.5) is 0 Å². The molecule has 0 saturated heterocycles. The fraction of sp³-hybridized carbons (Fsp3) is 0.286. The van der Waals surface area contributed by atoms with Gasteiger partial charge in [-0.05, 0) is 43.7 Å². The molecular formula is C14H17N3O3S. The maximum Gasteiger partial charge on any atom is 0.243 e. The quantitative estimate of drug-likeness (QED) is 0.924. The van der Waals surface area contributed by atoms with Gasteiger partial charge in [0.2, 0.25) is 5.88 Å². The van der Waals surface area contributed by atoms with E-state index in [9.17, 15) is 8.42 Å². The Kier molecular flexibility index (Phi) is 4.24. The maximum absolute atomic E-state index is 11.4. The molecule has 0 saturated carbocycles. The summed E-state index contributed by atoms with van der Waals surface area (Å²) in [6, 6.07) is 6.13. The highest BCUT2D eigenvalue weighted by Crippen LogP contribution is 2.26. The molecule has 2 rings (SSSR count). The lowest BCUT2D eigenvalue weighted by molar-refractivity contribution is 0.446. The zero-order chi connectivity index (χ0) is 15.6. The zero-order valence-electron chi connectivity index (χ0n) is 12.1. The molecule has 0 amide bonds. The highest BCUT2D eigenvalue weighted by atomic mass is 32.2. The fourth-order valence-electron chi connectivity index (χ4n) is 1.82. The van der Waals surface area contributed by atoms with Crippen LogP contribution in [0, 0.1) is 13.8 Å². The SMILES string of the molecule is Cc1nnc(Oc2ccc(S(C)(=O)=O)cc2)c(CN)c1C. The second-order valence-electron chi connectivity index (χ2n) is 4.74. The van der Waals surface area contributed by atoms with Gasteiger partial charge in [-0.15, -0.1) is 5.10 Å². The van der Waals surface area contributed by atoms with Crippen molar-refractivity contribution < 1.29 is 13.2 Å². The van der Waals surface area contributed by atoms with Gasteiger partial charge in [0.15, 0.2) is 9.84 Å². The molecule has 7 heteroatoms. The van der Waals surface area contributed by atoms with Gasteiger partial charge in [-0.2, -0.15) is 5.10 Å². The fourth-order valence-corrected chi connectivity index (χ4v) is 2.45. The van der Waals surface area contributed by atoms with Gasteiger partial charge in [-0.1, -0.05) is 0 Å². The first kappa shape index (κ1) is 15.4. The van der Waals surface area contributed by atoms with E-state index in [1.165, 1.54) is 12.1 Å². The minimum absolute atomic E-state index is 0.236. The normalized spacial score (nSPS) is 11.4. The molecule has 0 fully saturated rings. The van der Waals surface area contributed by atoms with Crippen LogP contribution in [0.3, 0.4) is 0 Å². The predicted molar refractivity (Wildman–Crippen MR) is 79.0 cm³/mol. The van der Waals surface area contributed by atoms with Crippen molar-refractivity contribution in [1.29, 1.82) is 0 Å². The number of aromatic nitrogens is 2. The van der Waals surface area contributed by atoms with Crippen LogP contribution in [0.15, 0.2) is 29.2 Å². The van der Waals surface area contributed by atoms with Gasteiger partial charge in [-0.25, -0.2) is 8.42 Å². The number of hydrogen-bond acceptors (Lipinski definition) is 6. The van der Waals surface area contributed by atoms with Crippen molar-refractivity contribution in [3.05, 3.63) is 41.1 Å². The van der Waals surface area contributed by atoms with Crippen molar-refractivity contribution in [3.63, 3.8) is 0 Å². The average molecular weight is 307 g/mol. The van der Waals surface area contributed by atoms with Crippen molar-refractivity contribution in [2.45, 2.75) is 25.3 Å². The monoisotopic (exact) mass is 307 g/mol. The van der Waals surface area contributed by atoms with Gasteiger partial charge in [0.25, 0.3) is 0 Å². The van der Waals surface area contributed by atoms with Gasteiger partial charge in [0.05, 0.1) is 10.6 Å². The van der Waals surface area contributed by atoms with E-state index in [1.54, 1.807) is 12.1 Å². The third kappa shape index (κ3) is 3.37. The summed E-state index contributed by atoms with van der Waals surface area (Å²) in [7, 11) is -3.22. The van der Waals surface area contributed by atoms with Gasteiger partial charge in [0.1, 0.15) is 5.75 Å². The minimum atomic E-state index is -3.22. The molecule has 21 heavy (non-hydrogen) atoms. The lowest BCUT2D eigenvalue weighted by Gasteiger charge is -2.12. The lowest BCUT2D eigenvalue weighted by Crippen LogP contribution is -2.07. The Bertz CT molecular complexity index is 756. The van der Waals surface area contributed by atoms with Crippen LogP contribution in [-0.2, 0) is 16.4 Å². The molecule has 112 valence electrons. The Hall–Kier alpha value is -1.99. The summed E-state index contributed by atoms with van der Waals surface area (Å²) in [6.45, 7) is 4.05. The van der Waals surface area contributed by atoms with E-state index in [2.05, 4.69) is 10.2 Å². The van der Waals surface area contributed by atoms with Gasteiger partial charge < -0.3 is 10.5 Å². The standard InChI is InChI=1S/C14H17N3O3S/c1-9-10(2)16-17-14(13(9)8-15)20-11-4-6-12(7-5-11)21(3,18)19/h4-7H,8,15H2,1-3H3. The number of aryl methyl sites for hydroxylation is 1. The first-order valence-electron chi connectivity index (χ1n) is 6.33. The highest BCUT2D eigenvalue weighted by molar-refractivity contribution is 7.90. The number of rotatable bonds is 4. The molecule has 6 nitrogen and oxygen atoms in total. The smallest absolute Gasteiger partial charge is 0.243 e. The number of nitrogens with zero attached hydrogens (tertiary/aromatic N) is 2. The van der Waals surface area contributed by atoms with E-state index in [4.69, 9.17) is 10.5 Å². The van der Waals surface area contributed by atoms with E-state index in [0.29, 0.717) is 18.2 Å². The molecule has 1 aromatic heterocycles. The second-order valence-corrected chi connectivity index (χ2v) is 6.76. The highest BCUT2D eigenvalue weighted by Gasteiger charge is 2.12. The number of ether oxygens (including phenoxy) is 1. The Balaban J connectivity index is 2.33. The third-order valence-electron chi connectivity index (χ3n) is 3.21. The first-order chi connectivity index (χ1) is 9.82. The molecule has 2 N–H and O–H groups in total. The van der Waals surface area contributed by atoms with Crippen LogP contribution >= 0.6 is 0 Å². The van der Waals surface area contributed by atoms with Crippen LogP contribution in [0.25, 0.3) is 0 Å². The second kappa shape index (κ2) is 5.79. The molecule has 0 unspecified atom stereocenters. The zero-order valence-corrected chi connectivity index (χ0v) is 12.9. The Morgan fingerprint density at radius 3 is 2.29 bits per heavy atom. The summed E-state index contributed by atoms with van der Waals surface area (Å²) in [5.41, 5.74) is 8.26. The topological polar surface area (TPSA) is 95.2 Å². The summed E-state index contributed by atoms with van der Waals surface area (Å²) >= 11 is 0. The molecule has 0 aliphatic heterocycles. The molecular weight excluding hydrogens is 290 g/mol. The molecule has 0 radical (unpaired) electrons. The van der Waals surface area contributed by atoms with E-state index in [-0.39, 0.29) is 4.90 Å². The van der Waals surface area contributed by atoms with Gasteiger partial charge in [0, 0.05) is 18.4 Å². The first-order valence-corrected chi connectivity index (χ1v) is 8.23. The van der Waals surface area contributed by atoms with Gasteiger partial charge in [-0.3, -0.25) is 0 Å². The van der Waals surface area contributed by atoms with Gasteiger partial charge >= 0.3 is 0 Å². The Morgan fingerprint density at radius 2 is 1.76 bits per heavy atom. The van der Waals surface area contributed by atoms with E-state index < -0.39 is 9.84 Å². The molecule has 1 heterocycles. The maximum atomic E-state index is 11.4. The molecule has 0 atom stereocenters. The van der Waals surface area contributed by atoms with Crippen LogP contribution < -0.4 is 10.5 Å². The molecule has 0 aliphatic rings. The van der Waals surface area contributed by atoms with E-state index in [0.717, 1.165) is 23.1 Å². The number of hydrogen-bond donors (Lipinski definition) is 1.